The Morgan fingerprint density at radius 1 is 0.897 bits per heavy atom. The highest BCUT2D eigenvalue weighted by Gasteiger charge is 2.18. The first kappa shape index (κ1) is 20.6. The number of amides is 1. The summed E-state index contributed by atoms with van der Waals surface area (Å²) >= 11 is 0. The molecular formula is C25H27NO3. The third-order valence-electron chi connectivity index (χ3n) is 4.58. The number of benzene rings is 3. The van der Waals surface area contributed by atoms with E-state index in [0.29, 0.717) is 31.1 Å². The zero-order valence-corrected chi connectivity index (χ0v) is 16.9. The summed E-state index contributed by atoms with van der Waals surface area (Å²) < 4.78 is 11.0. The van der Waals surface area contributed by atoms with E-state index in [4.69, 9.17) is 9.47 Å². The van der Waals surface area contributed by atoms with Gasteiger partial charge in [0.1, 0.15) is 12.4 Å². The summed E-state index contributed by atoms with van der Waals surface area (Å²) in [5, 5.41) is 3.18. The van der Waals surface area contributed by atoms with Crippen molar-refractivity contribution in [2.75, 3.05) is 19.8 Å². The quantitative estimate of drug-likeness (QED) is 0.528. The van der Waals surface area contributed by atoms with E-state index in [1.54, 1.807) is 12.1 Å². The lowest BCUT2D eigenvalue weighted by Gasteiger charge is -2.20. The van der Waals surface area contributed by atoms with Crippen LogP contribution < -0.4 is 10.1 Å². The lowest BCUT2D eigenvalue weighted by atomic mass is 9.97. The molecule has 0 aliphatic rings. The minimum Gasteiger partial charge on any atom is -0.491 e. The molecule has 1 amide bonds. The molecule has 3 aromatic carbocycles. The monoisotopic (exact) mass is 389 g/mol. The van der Waals surface area contributed by atoms with Gasteiger partial charge in [0.2, 0.25) is 0 Å². The van der Waals surface area contributed by atoms with Gasteiger partial charge in [-0.2, -0.15) is 0 Å². The van der Waals surface area contributed by atoms with Gasteiger partial charge in [-0.3, -0.25) is 4.79 Å². The Balaban J connectivity index is 1.78. The van der Waals surface area contributed by atoms with Crippen LogP contribution in [0, 0.1) is 6.92 Å². The van der Waals surface area contributed by atoms with Crippen molar-refractivity contribution in [3.05, 3.63) is 101 Å². The molecule has 0 heterocycles. The Kier molecular flexibility index (Phi) is 7.42. The van der Waals surface area contributed by atoms with Gasteiger partial charge < -0.3 is 14.8 Å². The van der Waals surface area contributed by atoms with Gasteiger partial charge in [0.05, 0.1) is 12.6 Å². The highest BCUT2D eigenvalue weighted by Crippen LogP contribution is 2.24. The molecule has 4 heteroatoms. The van der Waals surface area contributed by atoms with Crippen molar-refractivity contribution < 1.29 is 14.3 Å². The topological polar surface area (TPSA) is 47.6 Å². The van der Waals surface area contributed by atoms with E-state index in [0.717, 1.165) is 16.7 Å². The van der Waals surface area contributed by atoms with Gasteiger partial charge in [-0.25, -0.2) is 0 Å². The summed E-state index contributed by atoms with van der Waals surface area (Å²) in [6, 6.07) is 25.2. The van der Waals surface area contributed by atoms with Gasteiger partial charge in [0, 0.05) is 12.2 Å². The molecule has 0 saturated heterocycles. The number of carbonyl (C=O) groups is 1. The Bertz CT molecular complexity index is 924. The molecule has 0 aliphatic carbocycles. The molecule has 3 aromatic rings. The number of ether oxygens (including phenoxy) is 2. The van der Waals surface area contributed by atoms with Gasteiger partial charge in [0.25, 0.3) is 5.91 Å². The molecule has 3 rings (SSSR count). The van der Waals surface area contributed by atoms with E-state index >= 15 is 0 Å². The van der Waals surface area contributed by atoms with Crippen molar-refractivity contribution in [1.82, 2.24) is 5.32 Å². The van der Waals surface area contributed by atoms with E-state index < -0.39 is 0 Å². The van der Waals surface area contributed by atoms with Crippen LogP contribution in [0.4, 0.5) is 0 Å². The zero-order chi connectivity index (χ0) is 20.5. The van der Waals surface area contributed by atoms with E-state index in [1.165, 1.54) is 0 Å². The largest absolute Gasteiger partial charge is 0.491 e. The molecule has 150 valence electrons. The predicted octanol–water partition coefficient (Wildman–Crippen LogP) is 4.93. The van der Waals surface area contributed by atoms with Crippen LogP contribution in [0.15, 0.2) is 78.9 Å². The highest BCUT2D eigenvalue weighted by atomic mass is 16.5. The van der Waals surface area contributed by atoms with Crippen molar-refractivity contribution >= 4 is 5.91 Å². The number of hydrogen-bond acceptors (Lipinski definition) is 3. The summed E-state index contributed by atoms with van der Waals surface area (Å²) in [7, 11) is 0. The smallest absolute Gasteiger partial charge is 0.252 e. The maximum atomic E-state index is 13.0. The third-order valence-corrected chi connectivity index (χ3v) is 4.58. The maximum Gasteiger partial charge on any atom is 0.252 e. The molecule has 0 spiro atoms. The van der Waals surface area contributed by atoms with Gasteiger partial charge in [-0.1, -0.05) is 66.2 Å². The van der Waals surface area contributed by atoms with Crippen LogP contribution in [0.3, 0.4) is 0 Å². The summed E-state index contributed by atoms with van der Waals surface area (Å²) in [5.41, 5.74) is 3.80. The van der Waals surface area contributed by atoms with Crippen LogP contribution in [0.1, 0.15) is 40.0 Å². The molecule has 4 nitrogen and oxygen atoms in total. The molecule has 0 fully saturated rings. The van der Waals surface area contributed by atoms with Crippen LogP contribution in [0.5, 0.6) is 5.75 Å². The van der Waals surface area contributed by atoms with Crippen LogP contribution >= 0.6 is 0 Å². The number of aryl methyl sites for hydroxylation is 1. The molecule has 1 N–H and O–H groups in total. The van der Waals surface area contributed by atoms with Crippen molar-refractivity contribution in [3.63, 3.8) is 0 Å². The highest BCUT2D eigenvalue weighted by molar-refractivity contribution is 5.95. The van der Waals surface area contributed by atoms with Gasteiger partial charge >= 0.3 is 0 Å². The fraction of sp³-hybridized carbons (Fsp3) is 0.240. The molecule has 0 aliphatic heterocycles. The number of rotatable bonds is 9. The molecule has 0 saturated carbocycles. The van der Waals surface area contributed by atoms with Crippen LogP contribution in [-0.2, 0) is 4.74 Å². The average Bonchev–Trinajstić information content (AvgIpc) is 2.76. The third kappa shape index (κ3) is 5.93. The van der Waals surface area contributed by atoms with Crippen molar-refractivity contribution in [3.8, 4) is 5.75 Å². The van der Waals surface area contributed by atoms with E-state index in [-0.39, 0.29) is 11.9 Å². The van der Waals surface area contributed by atoms with Crippen molar-refractivity contribution in [2.45, 2.75) is 19.9 Å². The van der Waals surface area contributed by atoms with Crippen LogP contribution in [-0.4, -0.2) is 25.7 Å². The number of nitrogens with one attached hydrogen (secondary N) is 1. The minimum absolute atomic E-state index is 0.143. The normalized spacial score (nSPS) is 11.7. The molecule has 0 unspecified atom stereocenters. The minimum atomic E-state index is -0.230. The van der Waals surface area contributed by atoms with Crippen molar-refractivity contribution in [2.24, 2.45) is 0 Å². The van der Waals surface area contributed by atoms with E-state index in [2.05, 4.69) is 24.4 Å². The molecular weight excluding hydrogens is 362 g/mol. The maximum absolute atomic E-state index is 13.0. The summed E-state index contributed by atoms with van der Waals surface area (Å²) in [4.78, 5) is 13.0. The lowest BCUT2D eigenvalue weighted by Crippen LogP contribution is -2.29. The molecule has 0 bridgehead atoms. The number of hydrogen-bond donors (Lipinski definition) is 1. The van der Waals surface area contributed by atoms with Crippen LogP contribution in [0.2, 0.25) is 0 Å². The second-order valence-electron chi connectivity index (χ2n) is 6.80. The summed E-state index contributed by atoms with van der Waals surface area (Å²) in [6.07, 6.45) is 0. The van der Waals surface area contributed by atoms with Gasteiger partial charge in [-0.15, -0.1) is 0 Å². The summed E-state index contributed by atoms with van der Waals surface area (Å²) in [5.74, 6) is 0.514. The number of carbonyl (C=O) groups excluding carboxylic acids is 1. The van der Waals surface area contributed by atoms with Gasteiger partial charge in [-0.05, 0) is 43.2 Å². The van der Waals surface area contributed by atoms with E-state index in [1.807, 2.05) is 61.5 Å². The second kappa shape index (κ2) is 10.4. The first-order chi connectivity index (χ1) is 14.2. The SMILES string of the molecule is CCOCCOc1cccc(C(=O)N[C@H](c2ccccc2)c2cccc(C)c2)c1. The van der Waals surface area contributed by atoms with Crippen molar-refractivity contribution in [1.29, 1.82) is 0 Å². The fourth-order valence-corrected chi connectivity index (χ4v) is 3.16. The molecule has 0 aromatic heterocycles. The first-order valence-electron chi connectivity index (χ1n) is 9.90. The Morgan fingerprint density at radius 3 is 2.41 bits per heavy atom. The lowest BCUT2D eigenvalue weighted by molar-refractivity contribution is 0.0941. The second-order valence-corrected chi connectivity index (χ2v) is 6.80. The molecule has 29 heavy (non-hydrogen) atoms. The fourth-order valence-electron chi connectivity index (χ4n) is 3.16. The zero-order valence-electron chi connectivity index (χ0n) is 16.9. The van der Waals surface area contributed by atoms with Crippen LogP contribution in [0.25, 0.3) is 0 Å². The van der Waals surface area contributed by atoms with Gasteiger partial charge in [0.15, 0.2) is 0 Å². The standard InChI is InChI=1S/C25H27NO3/c1-3-28-15-16-29-23-14-8-13-22(18-23)25(27)26-24(20-10-5-4-6-11-20)21-12-7-9-19(2)17-21/h4-14,17-18,24H,3,15-16H2,1-2H3,(H,26,27)/t24-/m1/s1. The molecule has 0 radical (unpaired) electrons. The Labute approximate surface area is 172 Å². The summed E-state index contributed by atoms with van der Waals surface area (Å²) in [6.45, 7) is 5.63. The Hall–Kier alpha value is -3.11. The molecule has 1 atom stereocenters. The first-order valence-corrected chi connectivity index (χ1v) is 9.90. The van der Waals surface area contributed by atoms with E-state index in [9.17, 15) is 4.79 Å². The predicted molar refractivity (Wildman–Crippen MR) is 115 cm³/mol. The average molecular weight is 389 g/mol. The Morgan fingerprint density at radius 2 is 1.66 bits per heavy atom.